The van der Waals surface area contributed by atoms with Crippen LogP contribution in [0.5, 0.6) is 11.5 Å². The first-order valence-electron chi connectivity index (χ1n) is 15.5. The number of fused-ring (bicyclic) bond motifs is 3. The second-order valence-corrected chi connectivity index (χ2v) is 12.3. The van der Waals surface area contributed by atoms with Crippen molar-refractivity contribution >= 4 is 38.9 Å². The molecule has 4 aromatic carbocycles. The Morgan fingerprint density at radius 3 is 2.41 bits per heavy atom. The van der Waals surface area contributed by atoms with Gasteiger partial charge in [-0.25, -0.2) is 4.98 Å². The Morgan fingerprint density at radius 1 is 0.805 bits per heavy atom. The third kappa shape index (κ3) is 3.52. The molecule has 202 valence electrons. The highest BCUT2D eigenvalue weighted by Crippen LogP contribution is 2.61. The molecule has 1 saturated heterocycles. The van der Waals surface area contributed by atoms with E-state index < -0.39 is 6.98 Å². The molecule has 5 nitrogen and oxygen atoms in total. The van der Waals surface area contributed by atoms with Gasteiger partial charge in [-0.1, -0.05) is 57.2 Å². The third-order valence-corrected chi connectivity index (χ3v) is 8.58. The van der Waals surface area contributed by atoms with Gasteiger partial charge in [0.05, 0.1) is 28.8 Å². The summed E-state index contributed by atoms with van der Waals surface area (Å²) in [6.45, 7) is 6.74. The van der Waals surface area contributed by atoms with Gasteiger partial charge in [0.1, 0.15) is 23.0 Å². The van der Waals surface area contributed by atoms with Crippen LogP contribution < -0.4 is 13.7 Å². The van der Waals surface area contributed by atoms with Crippen molar-refractivity contribution in [2.75, 3.05) is 13.6 Å². The van der Waals surface area contributed by atoms with Crippen molar-refractivity contribution in [2.45, 2.75) is 26.2 Å². The van der Waals surface area contributed by atoms with Gasteiger partial charge in [-0.3, -0.25) is 9.05 Å². The second kappa shape index (κ2) is 8.29. The molecule has 9 rings (SSSR count). The fourth-order valence-electron chi connectivity index (χ4n) is 6.55. The largest absolute Gasteiger partial charge is 0.457 e. The molecule has 0 spiro atoms. The highest BCUT2D eigenvalue weighted by Gasteiger charge is 2.59. The molecule has 0 radical (unpaired) electrons. The summed E-state index contributed by atoms with van der Waals surface area (Å²) >= 11 is 0. The van der Waals surface area contributed by atoms with Crippen molar-refractivity contribution < 1.29 is 8.85 Å². The summed E-state index contributed by atoms with van der Waals surface area (Å²) in [5, 5.41) is 2.28. The minimum absolute atomic E-state index is 0.0609. The van der Waals surface area contributed by atoms with Crippen LogP contribution in [0.15, 0.2) is 109 Å². The van der Waals surface area contributed by atoms with Crippen LogP contribution in [0.1, 0.15) is 30.4 Å². The Kier molecular flexibility index (Phi) is 4.31. The lowest BCUT2D eigenvalue weighted by molar-refractivity contribution is 0.157. The minimum Gasteiger partial charge on any atom is -0.457 e. The van der Waals surface area contributed by atoms with Crippen molar-refractivity contribution in [3.05, 3.63) is 122 Å². The van der Waals surface area contributed by atoms with Crippen molar-refractivity contribution in [1.29, 1.82) is 0 Å². The maximum atomic E-state index is 8.43. The number of pyridine rings is 1. The molecule has 3 aliphatic rings. The van der Waals surface area contributed by atoms with Crippen LogP contribution in [0.25, 0.3) is 27.6 Å². The van der Waals surface area contributed by atoms with Crippen LogP contribution in [0, 0.1) is 6.67 Å². The lowest BCUT2D eigenvalue weighted by Crippen LogP contribution is -2.68. The van der Waals surface area contributed by atoms with Crippen molar-refractivity contribution in [3.63, 3.8) is 0 Å². The number of benzene rings is 4. The number of hydrogen-bond acceptors (Lipinski definition) is 2. The van der Waals surface area contributed by atoms with E-state index in [1.54, 1.807) is 0 Å². The maximum absolute atomic E-state index is 8.43. The molecule has 0 N–H and O–H groups in total. The Balaban J connectivity index is 1.20. The van der Waals surface area contributed by atoms with Gasteiger partial charge in [0.25, 0.3) is 0 Å². The van der Waals surface area contributed by atoms with E-state index in [4.69, 9.17) is 8.85 Å². The van der Waals surface area contributed by atoms with E-state index in [1.807, 2.05) is 67.5 Å². The van der Waals surface area contributed by atoms with Gasteiger partial charge >= 0.3 is 0 Å². The molecule has 2 atom stereocenters. The summed E-state index contributed by atoms with van der Waals surface area (Å²) in [7, 11) is 0. The SMILES string of the molecule is [2H]C([2H])([2H])[N@+]12[CH-][N@+](c3cccc(Oc4ccc5c6ccccc6n(-c6ccccn6)c5c4)c3)(C1)c1cc(C(C)(C)C)ccc12. The summed E-state index contributed by atoms with van der Waals surface area (Å²) in [6.07, 6.45) is 1.81. The van der Waals surface area contributed by atoms with E-state index in [2.05, 4.69) is 78.9 Å². The summed E-state index contributed by atoms with van der Waals surface area (Å²) in [5.74, 6) is 2.26. The molecule has 5 heterocycles. The number of aromatic nitrogens is 2. The Morgan fingerprint density at radius 2 is 1.61 bits per heavy atom. The third-order valence-electron chi connectivity index (χ3n) is 8.58. The summed E-state index contributed by atoms with van der Waals surface area (Å²) in [5.41, 5.74) is 6.07. The van der Waals surface area contributed by atoms with E-state index in [1.165, 1.54) is 5.56 Å². The average molecular weight is 541 g/mol. The normalized spacial score (nSPS) is 22.6. The molecule has 0 aliphatic carbocycles. The van der Waals surface area contributed by atoms with Crippen LogP contribution in [-0.2, 0) is 5.41 Å². The zero-order valence-electron chi connectivity index (χ0n) is 26.4. The van der Waals surface area contributed by atoms with Gasteiger partial charge in [-0.2, -0.15) is 0 Å². The van der Waals surface area contributed by atoms with E-state index >= 15 is 0 Å². The Labute approximate surface area is 244 Å². The average Bonchev–Trinajstić information content (AvgIpc) is 3.58. The predicted molar refractivity (Wildman–Crippen MR) is 169 cm³/mol. The Bertz CT molecular complexity index is 2090. The predicted octanol–water partition coefficient (Wildman–Crippen LogP) is 8.95. The van der Waals surface area contributed by atoms with E-state index in [-0.39, 0.29) is 9.90 Å². The fourth-order valence-corrected chi connectivity index (χ4v) is 6.55. The highest BCUT2D eigenvalue weighted by atomic mass is 16.5. The first-order chi connectivity index (χ1) is 21.0. The molecule has 0 saturated carbocycles. The molecular weight excluding hydrogens is 504 g/mol. The van der Waals surface area contributed by atoms with Crippen LogP contribution >= 0.6 is 0 Å². The van der Waals surface area contributed by atoms with Crippen LogP contribution in [-0.4, -0.2) is 23.2 Å². The number of ether oxygens (including phenoxy) is 1. The molecular formula is C36H33N4O+. The monoisotopic (exact) mass is 540 g/mol. The van der Waals surface area contributed by atoms with E-state index in [9.17, 15) is 0 Å². The molecule has 5 heteroatoms. The first kappa shape index (κ1) is 21.3. The molecule has 6 aromatic rings. The van der Waals surface area contributed by atoms with E-state index in [0.717, 1.165) is 44.7 Å². The Hall–Kier alpha value is -4.45. The molecule has 1 fully saturated rings. The zero-order valence-corrected chi connectivity index (χ0v) is 23.4. The molecule has 0 amide bonds. The van der Waals surface area contributed by atoms with Gasteiger partial charge in [-0.05, 0) is 53.4 Å². The lowest BCUT2D eigenvalue weighted by atomic mass is 9.86. The van der Waals surface area contributed by atoms with Gasteiger partial charge in [-0.15, -0.1) is 0 Å². The quantitative estimate of drug-likeness (QED) is 0.165. The topological polar surface area (TPSA) is 27.1 Å². The first-order valence-corrected chi connectivity index (χ1v) is 14.0. The summed E-state index contributed by atoms with van der Waals surface area (Å²) in [6, 6.07) is 34.8. The van der Waals surface area contributed by atoms with Gasteiger partial charge in [0, 0.05) is 41.2 Å². The molecule has 2 aromatic heterocycles. The van der Waals surface area contributed by atoms with Gasteiger partial charge in [0.2, 0.25) is 0 Å². The van der Waals surface area contributed by atoms with Gasteiger partial charge in [0.15, 0.2) is 18.0 Å². The van der Waals surface area contributed by atoms with Crippen molar-refractivity contribution in [1.82, 2.24) is 18.5 Å². The number of quaternary nitrogens is 2. The van der Waals surface area contributed by atoms with Crippen molar-refractivity contribution in [2.24, 2.45) is 0 Å². The highest BCUT2D eigenvalue weighted by molar-refractivity contribution is 6.09. The van der Waals surface area contributed by atoms with Gasteiger partial charge < -0.3 is 9.22 Å². The fraction of sp³-hybridized carbons (Fsp3) is 0.167. The van der Waals surface area contributed by atoms with Crippen LogP contribution in [0.2, 0.25) is 0 Å². The summed E-state index contributed by atoms with van der Waals surface area (Å²) in [4.78, 5) is 4.64. The van der Waals surface area contributed by atoms with Crippen LogP contribution in [0.4, 0.5) is 17.1 Å². The second-order valence-electron chi connectivity index (χ2n) is 12.3. The number of para-hydroxylation sites is 1. The van der Waals surface area contributed by atoms with E-state index in [0.29, 0.717) is 22.7 Å². The van der Waals surface area contributed by atoms with Crippen LogP contribution in [0.3, 0.4) is 0 Å². The zero-order chi connectivity index (χ0) is 30.5. The molecule has 0 unspecified atom stereocenters. The molecule has 3 aliphatic heterocycles. The smallest absolute Gasteiger partial charge is 0.181 e. The summed E-state index contributed by atoms with van der Waals surface area (Å²) < 4.78 is 34.2. The van der Waals surface area contributed by atoms with Crippen molar-refractivity contribution in [3.8, 4) is 17.3 Å². The lowest BCUT2D eigenvalue weighted by Gasteiger charge is -2.54. The molecule has 41 heavy (non-hydrogen) atoms. The number of rotatable bonds is 4. The minimum atomic E-state index is -2.19. The number of hydrogen-bond donors (Lipinski definition) is 0. The number of nitrogens with zero attached hydrogens (tertiary/aromatic N) is 4. The maximum Gasteiger partial charge on any atom is 0.181 e. The standard InChI is InChI=1S/C36H33N4O/c1-36(2,3)25-15-18-33-34(20-25)40(23-39(33,4)24-40)26-10-9-11-27(21-26)41-28-16-17-30-29-12-5-6-13-31(29)38(32(30)22-28)35-14-7-8-19-37-35/h5-23H,24H2,1-4H3/q+1/t39-,40+/m0/s1/i4D3. The molecule has 2 bridgehead atoms.